The van der Waals surface area contributed by atoms with E-state index >= 15 is 0 Å². The van der Waals surface area contributed by atoms with E-state index in [1.54, 1.807) is 17.4 Å². The van der Waals surface area contributed by atoms with Crippen LogP contribution in [0, 0.1) is 0 Å². The van der Waals surface area contributed by atoms with E-state index in [1.165, 1.54) is 4.88 Å². The van der Waals surface area contributed by atoms with E-state index in [-0.39, 0.29) is 28.6 Å². The van der Waals surface area contributed by atoms with Crippen LogP contribution in [0.5, 0.6) is 5.75 Å². The van der Waals surface area contributed by atoms with Crippen LogP contribution >= 0.6 is 11.3 Å². The van der Waals surface area contributed by atoms with Gasteiger partial charge in [0, 0.05) is 34.1 Å². The third-order valence-corrected chi connectivity index (χ3v) is 7.20. The molecule has 162 valence electrons. The Kier molecular flexibility index (Phi) is 4.82. The van der Waals surface area contributed by atoms with Gasteiger partial charge < -0.3 is 20.1 Å². The van der Waals surface area contributed by atoms with Crippen molar-refractivity contribution in [3.05, 3.63) is 50.1 Å². The normalized spacial score (nSPS) is 18.4. The van der Waals surface area contributed by atoms with Gasteiger partial charge in [0.25, 0.3) is 0 Å². The van der Waals surface area contributed by atoms with E-state index < -0.39 is 23.6 Å². The van der Waals surface area contributed by atoms with Crippen LogP contribution in [0.15, 0.2) is 23.1 Å². The number of fused-ring (bicyclic) bond motifs is 2. The number of carboxylic acid groups (broad SMARTS) is 1. The molecule has 2 aliphatic rings. The average Bonchev–Trinajstić information content (AvgIpc) is 3.46. The second-order valence-corrected chi connectivity index (χ2v) is 9.13. The van der Waals surface area contributed by atoms with E-state index in [4.69, 9.17) is 4.74 Å². The fourth-order valence-corrected chi connectivity index (χ4v) is 5.65. The lowest BCUT2D eigenvalue weighted by Gasteiger charge is -2.19. The molecule has 9 heteroatoms. The third-order valence-electron chi connectivity index (χ3n) is 5.97. The molecule has 31 heavy (non-hydrogen) atoms. The molecule has 2 aromatic heterocycles. The number of halogens is 2. The highest BCUT2D eigenvalue weighted by Crippen LogP contribution is 2.52. The molecule has 5 rings (SSSR count). The Hall–Kier alpha value is -2.78. The molecule has 3 N–H and O–H groups in total. The molecule has 0 amide bonds. The number of H-pyrrole nitrogens is 1. The summed E-state index contributed by atoms with van der Waals surface area (Å²) in [6, 6.07) is 3.84. The van der Waals surface area contributed by atoms with Crippen LogP contribution in [0.3, 0.4) is 0 Å². The number of pyridine rings is 1. The van der Waals surface area contributed by atoms with Crippen molar-refractivity contribution in [3.63, 3.8) is 0 Å². The van der Waals surface area contributed by atoms with Gasteiger partial charge in [0.15, 0.2) is 5.75 Å². The number of nitrogens with one attached hydrogen (secondary N) is 2. The SMILES string of the molecule is CC1NCCc2sc(-c3c(C4CC4)cc4c(=O)c(C(=O)O)c[nH]c4c3OC(F)F)cc21. The van der Waals surface area contributed by atoms with Crippen molar-refractivity contribution < 1.29 is 23.4 Å². The number of thiophene rings is 1. The summed E-state index contributed by atoms with van der Waals surface area (Å²) in [4.78, 5) is 29.0. The molecule has 1 aromatic carbocycles. The molecule has 3 heterocycles. The molecule has 0 bridgehead atoms. The second kappa shape index (κ2) is 7.42. The molecule has 0 radical (unpaired) electrons. The van der Waals surface area contributed by atoms with Crippen LogP contribution in [0.25, 0.3) is 21.3 Å². The molecule has 1 unspecified atom stereocenters. The van der Waals surface area contributed by atoms with E-state index in [2.05, 4.69) is 17.2 Å². The Morgan fingerprint density at radius 3 is 2.71 bits per heavy atom. The first kappa shape index (κ1) is 20.1. The first-order valence-corrected chi connectivity index (χ1v) is 10.9. The minimum atomic E-state index is -3.09. The number of ether oxygens (including phenoxy) is 1. The number of benzene rings is 1. The van der Waals surface area contributed by atoms with Crippen LogP contribution in [0.2, 0.25) is 0 Å². The van der Waals surface area contributed by atoms with E-state index in [0.29, 0.717) is 5.56 Å². The van der Waals surface area contributed by atoms with Gasteiger partial charge in [-0.3, -0.25) is 4.79 Å². The van der Waals surface area contributed by atoms with E-state index in [1.807, 2.05) is 6.07 Å². The number of aromatic carboxylic acids is 1. The average molecular weight is 446 g/mol. The summed E-state index contributed by atoms with van der Waals surface area (Å²) in [5.41, 5.74) is 1.42. The second-order valence-electron chi connectivity index (χ2n) is 8.00. The molecule has 1 saturated carbocycles. The van der Waals surface area contributed by atoms with Crippen LogP contribution in [-0.4, -0.2) is 29.2 Å². The molecule has 0 saturated heterocycles. The van der Waals surface area contributed by atoms with Crippen molar-refractivity contribution in [2.75, 3.05) is 6.54 Å². The number of aromatic nitrogens is 1. The van der Waals surface area contributed by atoms with Crippen LogP contribution in [-0.2, 0) is 6.42 Å². The highest BCUT2D eigenvalue weighted by atomic mass is 32.1. The molecule has 1 aliphatic heterocycles. The zero-order valence-electron chi connectivity index (χ0n) is 16.6. The van der Waals surface area contributed by atoms with Gasteiger partial charge in [0.1, 0.15) is 5.56 Å². The van der Waals surface area contributed by atoms with Crippen molar-refractivity contribution >= 4 is 28.2 Å². The fourth-order valence-electron chi connectivity index (χ4n) is 4.33. The van der Waals surface area contributed by atoms with Crippen LogP contribution in [0.1, 0.15) is 58.1 Å². The maximum atomic E-state index is 13.5. The van der Waals surface area contributed by atoms with Crippen molar-refractivity contribution in [2.24, 2.45) is 0 Å². The molecule has 1 aliphatic carbocycles. The standard InChI is InChI=1S/C22H20F2N2O4S/c1-9-11-7-16(31-15(11)4-5-25-9)17-12(10-2-3-10)6-13-18(20(17)30-22(23)24)26-8-14(19(13)27)21(28)29/h6-10,22,25H,2-5H2,1H3,(H,26,27)(H,28,29). The van der Waals surface area contributed by atoms with Gasteiger partial charge in [-0.25, -0.2) is 4.79 Å². The number of aromatic amines is 1. The van der Waals surface area contributed by atoms with E-state index in [0.717, 1.165) is 48.0 Å². The molecule has 0 spiro atoms. The monoisotopic (exact) mass is 446 g/mol. The molecule has 1 fully saturated rings. The van der Waals surface area contributed by atoms with Gasteiger partial charge in [-0.15, -0.1) is 11.3 Å². The first-order valence-electron chi connectivity index (χ1n) is 10.1. The number of alkyl halides is 2. The lowest BCUT2D eigenvalue weighted by Crippen LogP contribution is -2.26. The highest BCUT2D eigenvalue weighted by molar-refractivity contribution is 7.15. The van der Waals surface area contributed by atoms with Crippen LogP contribution in [0.4, 0.5) is 8.78 Å². The molecular weight excluding hydrogens is 426 g/mol. The fraction of sp³-hybridized carbons (Fsp3) is 0.364. The maximum absolute atomic E-state index is 13.5. The summed E-state index contributed by atoms with van der Waals surface area (Å²) in [5, 5.41) is 12.8. The summed E-state index contributed by atoms with van der Waals surface area (Å²) < 4.78 is 31.9. The lowest BCUT2D eigenvalue weighted by molar-refractivity contribution is -0.0485. The van der Waals surface area contributed by atoms with Crippen molar-refractivity contribution in [3.8, 4) is 16.2 Å². The van der Waals surface area contributed by atoms with Gasteiger partial charge in [0.2, 0.25) is 5.43 Å². The van der Waals surface area contributed by atoms with Crippen molar-refractivity contribution in [1.82, 2.24) is 10.3 Å². The highest BCUT2D eigenvalue weighted by Gasteiger charge is 2.33. The Labute approximate surface area is 179 Å². The topological polar surface area (TPSA) is 91.4 Å². The van der Waals surface area contributed by atoms with Gasteiger partial charge in [-0.1, -0.05) is 0 Å². The molecule has 6 nitrogen and oxygen atoms in total. The summed E-state index contributed by atoms with van der Waals surface area (Å²) in [6.07, 6.45) is 3.66. The van der Waals surface area contributed by atoms with Gasteiger partial charge >= 0.3 is 12.6 Å². The Bertz CT molecular complexity index is 1260. The van der Waals surface area contributed by atoms with Gasteiger partial charge in [-0.2, -0.15) is 8.78 Å². The minimum absolute atomic E-state index is 0.0533. The number of hydrogen-bond acceptors (Lipinski definition) is 5. The zero-order valence-corrected chi connectivity index (χ0v) is 17.4. The summed E-state index contributed by atoms with van der Waals surface area (Å²) in [5.74, 6) is -1.34. The van der Waals surface area contributed by atoms with Crippen LogP contribution < -0.4 is 15.5 Å². The quantitative estimate of drug-likeness (QED) is 0.531. The van der Waals surface area contributed by atoms with Gasteiger partial charge in [0.05, 0.1) is 10.9 Å². The Balaban J connectivity index is 1.83. The number of hydrogen-bond donors (Lipinski definition) is 3. The zero-order chi connectivity index (χ0) is 21.9. The van der Waals surface area contributed by atoms with E-state index in [9.17, 15) is 23.5 Å². The third kappa shape index (κ3) is 3.41. The molecule has 1 atom stereocenters. The minimum Gasteiger partial charge on any atom is -0.477 e. The Morgan fingerprint density at radius 1 is 1.29 bits per heavy atom. The maximum Gasteiger partial charge on any atom is 0.387 e. The number of carbonyl (C=O) groups is 1. The molecule has 3 aromatic rings. The summed E-state index contributed by atoms with van der Waals surface area (Å²) >= 11 is 1.56. The predicted molar refractivity (Wildman–Crippen MR) is 114 cm³/mol. The summed E-state index contributed by atoms with van der Waals surface area (Å²) in [6.45, 7) is -0.167. The largest absolute Gasteiger partial charge is 0.477 e. The van der Waals surface area contributed by atoms with Gasteiger partial charge in [-0.05, 0) is 55.4 Å². The smallest absolute Gasteiger partial charge is 0.387 e. The lowest BCUT2D eigenvalue weighted by atomic mass is 9.95. The summed E-state index contributed by atoms with van der Waals surface area (Å²) in [7, 11) is 0. The van der Waals surface area contributed by atoms with Crippen molar-refractivity contribution in [2.45, 2.75) is 44.8 Å². The Morgan fingerprint density at radius 2 is 2.06 bits per heavy atom. The first-order chi connectivity index (χ1) is 14.8. The molecular formula is C22H20F2N2O4S. The number of carboxylic acids is 1. The van der Waals surface area contributed by atoms with Crippen molar-refractivity contribution in [1.29, 1.82) is 0 Å². The number of rotatable bonds is 5. The predicted octanol–water partition coefficient (Wildman–Crippen LogP) is 4.64.